The van der Waals surface area contributed by atoms with Gasteiger partial charge >= 0.3 is 0 Å². The number of nitrogens with zero attached hydrogens (tertiary/aromatic N) is 1. The molecular weight excluding hydrogens is 216 g/mol. The van der Waals surface area contributed by atoms with E-state index >= 15 is 0 Å². The number of rotatable bonds is 5. The minimum atomic E-state index is 0.266. The molecule has 0 fully saturated rings. The first-order chi connectivity index (χ1) is 6.72. The zero-order valence-corrected chi connectivity index (χ0v) is 9.81. The van der Waals surface area contributed by atoms with Crippen LogP contribution < -0.4 is 5.73 Å². The van der Waals surface area contributed by atoms with Crippen LogP contribution in [0.2, 0.25) is 5.02 Å². The normalized spacial score (nSPS) is 12.8. The molecule has 1 unspecified atom stereocenters. The SMILES string of the molecule is CCCC(N)CSc1ccc(Cl)cn1. The Morgan fingerprint density at radius 2 is 2.36 bits per heavy atom. The number of thioether (sulfide) groups is 1. The largest absolute Gasteiger partial charge is 0.327 e. The van der Waals surface area contributed by atoms with Crippen molar-refractivity contribution in [2.45, 2.75) is 30.8 Å². The summed E-state index contributed by atoms with van der Waals surface area (Å²) in [7, 11) is 0. The minimum absolute atomic E-state index is 0.266. The maximum atomic E-state index is 5.89. The van der Waals surface area contributed by atoms with Crippen LogP contribution in [0.3, 0.4) is 0 Å². The molecule has 0 aromatic carbocycles. The van der Waals surface area contributed by atoms with Crippen LogP contribution in [0.25, 0.3) is 0 Å². The first kappa shape index (κ1) is 11.8. The predicted molar refractivity (Wildman–Crippen MR) is 62.9 cm³/mol. The molecule has 1 heterocycles. The van der Waals surface area contributed by atoms with Crippen molar-refractivity contribution in [1.29, 1.82) is 0 Å². The van der Waals surface area contributed by atoms with Gasteiger partial charge in [0.1, 0.15) is 0 Å². The molecule has 4 heteroatoms. The summed E-state index contributed by atoms with van der Waals surface area (Å²) < 4.78 is 0. The second-order valence-corrected chi connectivity index (χ2v) is 4.65. The van der Waals surface area contributed by atoms with E-state index in [0.717, 1.165) is 23.6 Å². The summed E-state index contributed by atoms with van der Waals surface area (Å²) in [5.74, 6) is 0.919. The van der Waals surface area contributed by atoms with Crippen LogP contribution in [0.5, 0.6) is 0 Å². The highest BCUT2D eigenvalue weighted by atomic mass is 35.5. The molecule has 0 amide bonds. The average Bonchev–Trinajstić information content (AvgIpc) is 2.17. The zero-order chi connectivity index (χ0) is 10.4. The fraction of sp³-hybridized carbons (Fsp3) is 0.500. The first-order valence-corrected chi connectivity index (χ1v) is 6.08. The quantitative estimate of drug-likeness (QED) is 0.791. The molecular formula is C10H15ClN2S. The molecule has 0 saturated heterocycles. The smallest absolute Gasteiger partial charge is 0.0961 e. The molecule has 1 aromatic heterocycles. The topological polar surface area (TPSA) is 38.9 Å². The van der Waals surface area contributed by atoms with Crippen molar-refractivity contribution in [2.75, 3.05) is 5.75 Å². The zero-order valence-electron chi connectivity index (χ0n) is 8.24. The number of hydrogen-bond acceptors (Lipinski definition) is 3. The van der Waals surface area contributed by atoms with Gasteiger partial charge in [-0.3, -0.25) is 0 Å². The molecule has 0 radical (unpaired) electrons. The van der Waals surface area contributed by atoms with Crippen molar-refractivity contribution in [2.24, 2.45) is 5.73 Å². The average molecular weight is 231 g/mol. The van der Waals surface area contributed by atoms with Gasteiger partial charge in [-0.05, 0) is 18.6 Å². The third-order valence-electron chi connectivity index (χ3n) is 1.81. The molecule has 0 bridgehead atoms. The fourth-order valence-electron chi connectivity index (χ4n) is 1.09. The van der Waals surface area contributed by atoms with Crippen LogP contribution in [0.4, 0.5) is 0 Å². The number of halogens is 1. The van der Waals surface area contributed by atoms with Gasteiger partial charge in [-0.25, -0.2) is 4.98 Å². The molecule has 1 aromatic rings. The standard InChI is InChI=1S/C10H15ClN2S/c1-2-3-9(12)7-14-10-5-4-8(11)6-13-10/h4-6,9H,2-3,7,12H2,1H3. The van der Waals surface area contributed by atoms with E-state index in [1.165, 1.54) is 0 Å². The highest BCUT2D eigenvalue weighted by Crippen LogP contribution is 2.18. The molecule has 2 nitrogen and oxygen atoms in total. The molecule has 1 rings (SSSR count). The van der Waals surface area contributed by atoms with Crippen molar-refractivity contribution in [1.82, 2.24) is 4.98 Å². The van der Waals surface area contributed by atoms with Gasteiger partial charge in [-0.2, -0.15) is 0 Å². The molecule has 0 aliphatic carbocycles. The highest BCUT2D eigenvalue weighted by molar-refractivity contribution is 7.99. The van der Waals surface area contributed by atoms with Gasteiger partial charge in [0.05, 0.1) is 10.0 Å². The van der Waals surface area contributed by atoms with E-state index in [-0.39, 0.29) is 6.04 Å². The fourth-order valence-corrected chi connectivity index (χ4v) is 2.05. The molecule has 2 N–H and O–H groups in total. The lowest BCUT2D eigenvalue weighted by Gasteiger charge is -2.08. The molecule has 0 aliphatic rings. The van der Waals surface area contributed by atoms with Crippen molar-refractivity contribution in [3.8, 4) is 0 Å². The number of nitrogens with two attached hydrogens (primary N) is 1. The number of aromatic nitrogens is 1. The third kappa shape index (κ3) is 4.31. The summed E-state index contributed by atoms with van der Waals surface area (Å²) in [6, 6.07) is 4.04. The van der Waals surface area contributed by atoms with Gasteiger partial charge in [0.15, 0.2) is 0 Å². The van der Waals surface area contributed by atoms with Crippen molar-refractivity contribution in [3.63, 3.8) is 0 Å². The summed E-state index contributed by atoms with van der Waals surface area (Å²) >= 11 is 7.41. The lowest BCUT2D eigenvalue weighted by Crippen LogP contribution is -2.22. The van der Waals surface area contributed by atoms with E-state index in [9.17, 15) is 0 Å². The Hall–Kier alpha value is -0.250. The van der Waals surface area contributed by atoms with Crippen LogP contribution in [0, 0.1) is 0 Å². The van der Waals surface area contributed by atoms with Gasteiger partial charge in [-0.15, -0.1) is 11.8 Å². The Labute approximate surface area is 94.2 Å². The first-order valence-electron chi connectivity index (χ1n) is 4.72. The van der Waals surface area contributed by atoms with E-state index in [1.807, 2.05) is 12.1 Å². The monoisotopic (exact) mass is 230 g/mol. The molecule has 14 heavy (non-hydrogen) atoms. The molecule has 0 aliphatic heterocycles. The minimum Gasteiger partial charge on any atom is -0.327 e. The van der Waals surface area contributed by atoms with E-state index in [0.29, 0.717) is 5.02 Å². The van der Waals surface area contributed by atoms with E-state index in [1.54, 1.807) is 18.0 Å². The second-order valence-electron chi connectivity index (χ2n) is 3.17. The van der Waals surface area contributed by atoms with Crippen molar-refractivity contribution < 1.29 is 0 Å². The van der Waals surface area contributed by atoms with Crippen LogP contribution in [-0.4, -0.2) is 16.8 Å². The van der Waals surface area contributed by atoms with Crippen LogP contribution in [-0.2, 0) is 0 Å². The summed E-state index contributed by atoms with van der Waals surface area (Å²) in [6.45, 7) is 2.14. The van der Waals surface area contributed by atoms with Gasteiger partial charge in [0.25, 0.3) is 0 Å². The number of pyridine rings is 1. The Bertz CT molecular complexity index is 263. The predicted octanol–water partition coefficient (Wildman–Crippen LogP) is 2.95. The van der Waals surface area contributed by atoms with Gasteiger partial charge < -0.3 is 5.73 Å². The third-order valence-corrected chi connectivity index (χ3v) is 3.16. The van der Waals surface area contributed by atoms with Gasteiger partial charge in [0.2, 0.25) is 0 Å². The Balaban J connectivity index is 2.34. The lowest BCUT2D eigenvalue weighted by atomic mass is 10.2. The van der Waals surface area contributed by atoms with Crippen molar-refractivity contribution >= 4 is 23.4 Å². The lowest BCUT2D eigenvalue weighted by molar-refractivity contribution is 0.660. The summed E-state index contributed by atoms with van der Waals surface area (Å²) in [5, 5.41) is 1.66. The van der Waals surface area contributed by atoms with E-state index < -0.39 is 0 Å². The molecule has 1 atom stereocenters. The maximum absolute atomic E-state index is 5.89. The number of hydrogen-bond donors (Lipinski definition) is 1. The van der Waals surface area contributed by atoms with Gasteiger partial charge in [0, 0.05) is 18.0 Å². The summed E-state index contributed by atoms with van der Waals surface area (Å²) in [5.41, 5.74) is 5.89. The van der Waals surface area contributed by atoms with Crippen LogP contribution >= 0.6 is 23.4 Å². The molecule has 0 saturated carbocycles. The molecule has 78 valence electrons. The Kier molecular flexibility index (Phi) is 5.30. The summed E-state index contributed by atoms with van der Waals surface area (Å²) in [4.78, 5) is 4.19. The van der Waals surface area contributed by atoms with Crippen LogP contribution in [0.15, 0.2) is 23.4 Å². The van der Waals surface area contributed by atoms with Crippen LogP contribution in [0.1, 0.15) is 19.8 Å². The van der Waals surface area contributed by atoms with Gasteiger partial charge in [-0.1, -0.05) is 24.9 Å². The van der Waals surface area contributed by atoms with E-state index in [2.05, 4.69) is 11.9 Å². The second kappa shape index (κ2) is 6.27. The highest BCUT2D eigenvalue weighted by Gasteiger charge is 2.02. The Morgan fingerprint density at radius 1 is 1.57 bits per heavy atom. The molecule has 0 spiro atoms. The Morgan fingerprint density at radius 3 is 2.93 bits per heavy atom. The van der Waals surface area contributed by atoms with E-state index in [4.69, 9.17) is 17.3 Å². The summed E-state index contributed by atoms with van der Waals surface area (Å²) in [6.07, 6.45) is 3.87. The van der Waals surface area contributed by atoms with Crippen molar-refractivity contribution in [3.05, 3.63) is 23.4 Å². The maximum Gasteiger partial charge on any atom is 0.0961 e.